The smallest absolute Gasteiger partial charge is 0.411 e. The van der Waals surface area contributed by atoms with E-state index in [0.717, 1.165) is 11.1 Å². The highest BCUT2D eigenvalue weighted by Crippen LogP contribution is 2.30. The fourth-order valence-electron chi connectivity index (χ4n) is 4.90. The molecule has 1 aliphatic heterocycles. The number of aromatic nitrogens is 6. The van der Waals surface area contributed by atoms with Crippen molar-refractivity contribution in [2.24, 2.45) is 0 Å². The summed E-state index contributed by atoms with van der Waals surface area (Å²) >= 11 is 6.21. The van der Waals surface area contributed by atoms with Crippen molar-refractivity contribution in [3.63, 3.8) is 0 Å². The quantitative estimate of drug-likeness (QED) is 0.272. The number of imidazole rings is 1. The molecule has 228 valence electrons. The number of nitrogens with zero attached hydrogens (tertiary/aromatic N) is 6. The molecule has 0 fully saturated rings. The Morgan fingerprint density at radius 1 is 1.11 bits per heavy atom. The Morgan fingerprint density at radius 2 is 1.98 bits per heavy atom. The summed E-state index contributed by atoms with van der Waals surface area (Å²) in [6.07, 6.45) is 7.10. The molecule has 4 aromatic rings. The van der Waals surface area contributed by atoms with Crippen LogP contribution in [0.3, 0.4) is 0 Å². The number of ether oxygens (including phenoxy) is 2. The zero-order chi connectivity index (χ0) is 31.1. The first-order valence-corrected chi connectivity index (χ1v) is 14.1. The maximum atomic E-state index is 13.2. The van der Waals surface area contributed by atoms with Crippen LogP contribution in [-0.4, -0.2) is 73.9 Å². The summed E-state index contributed by atoms with van der Waals surface area (Å²) < 4.78 is 11.2. The van der Waals surface area contributed by atoms with E-state index in [1.165, 1.54) is 31.3 Å². The zero-order valence-corrected chi connectivity index (χ0v) is 24.7. The summed E-state index contributed by atoms with van der Waals surface area (Å²) in [6, 6.07) is 10.1. The van der Waals surface area contributed by atoms with Crippen molar-refractivity contribution in [1.82, 2.24) is 40.4 Å². The molecule has 0 spiro atoms. The Labute approximate surface area is 257 Å². The van der Waals surface area contributed by atoms with Crippen molar-refractivity contribution in [1.29, 1.82) is 0 Å². The highest BCUT2D eigenvalue weighted by atomic mass is 35.5. The Hall–Kier alpha value is -5.24. The number of fused-ring (bicyclic) bond motifs is 4. The topological polar surface area (TPSA) is 169 Å². The van der Waals surface area contributed by atoms with E-state index in [9.17, 15) is 14.4 Å². The lowest BCUT2D eigenvalue weighted by molar-refractivity contribution is -0.117. The molecule has 14 nitrogen and oxygen atoms in total. The molecule has 5 rings (SSSR count). The van der Waals surface area contributed by atoms with E-state index in [0.29, 0.717) is 59.3 Å². The third-order valence-corrected chi connectivity index (χ3v) is 7.26. The zero-order valence-electron chi connectivity index (χ0n) is 24.0. The second kappa shape index (κ2) is 13.8. The maximum absolute atomic E-state index is 13.2. The number of amides is 3. The van der Waals surface area contributed by atoms with Crippen molar-refractivity contribution in [2.45, 2.75) is 31.8 Å². The van der Waals surface area contributed by atoms with Gasteiger partial charge in [0.2, 0.25) is 5.91 Å². The van der Waals surface area contributed by atoms with Gasteiger partial charge in [-0.25, -0.2) is 14.6 Å². The van der Waals surface area contributed by atoms with E-state index in [-0.39, 0.29) is 12.5 Å². The number of anilines is 1. The summed E-state index contributed by atoms with van der Waals surface area (Å²) in [4.78, 5) is 47.3. The van der Waals surface area contributed by atoms with Gasteiger partial charge in [0, 0.05) is 47.2 Å². The van der Waals surface area contributed by atoms with E-state index in [2.05, 4.69) is 31.1 Å². The van der Waals surface area contributed by atoms with Gasteiger partial charge in [0.05, 0.1) is 31.6 Å². The molecular weight excluding hydrogens is 590 g/mol. The van der Waals surface area contributed by atoms with Crippen molar-refractivity contribution >= 4 is 41.5 Å². The predicted octanol–water partition coefficient (Wildman–Crippen LogP) is 4.51. The minimum atomic E-state index is -0.611. The number of nitrogens with one attached hydrogen (secondary N) is 3. The average Bonchev–Trinajstić information content (AvgIpc) is 3.73. The lowest BCUT2D eigenvalue weighted by Gasteiger charge is -2.24. The first-order valence-electron chi connectivity index (χ1n) is 13.7. The molecule has 2 aromatic heterocycles. The third-order valence-electron chi connectivity index (χ3n) is 7.02. The van der Waals surface area contributed by atoms with Gasteiger partial charge in [0.15, 0.2) is 0 Å². The van der Waals surface area contributed by atoms with Crippen LogP contribution in [0.15, 0.2) is 55.0 Å². The summed E-state index contributed by atoms with van der Waals surface area (Å²) in [5, 5.41) is 17.5. The molecule has 3 amide bonds. The van der Waals surface area contributed by atoms with Gasteiger partial charge in [-0.1, -0.05) is 17.7 Å². The van der Waals surface area contributed by atoms with Gasteiger partial charge in [0.1, 0.15) is 12.2 Å². The van der Waals surface area contributed by atoms with Crippen LogP contribution >= 0.6 is 11.6 Å². The minimum absolute atomic E-state index is 0.238. The molecule has 1 atom stereocenters. The lowest BCUT2D eigenvalue weighted by atomic mass is 10.0. The molecule has 44 heavy (non-hydrogen) atoms. The van der Waals surface area contributed by atoms with Crippen molar-refractivity contribution in [3.8, 4) is 16.9 Å². The van der Waals surface area contributed by atoms with Gasteiger partial charge >= 0.3 is 12.2 Å². The molecule has 0 radical (unpaired) electrons. The molecule has 0 saturated heterocycles. The highest BCUT2D eigenvalue weighted by molar-refractivity contribution is 6.30. The number of hydrogen-bond donors (Lipinski definition) is 3. The van der Waals surface area contributed by atoms with Crippen LogP contribution in [-0.2, 0) is 20.8 Å². The normalized spacial score (nSPS) is 15.1. The van der Waals surface area contributed by atoms with Gasteiger partial charge < -0.3 is 24.7 Å². The van der Waals surface area contributed by atoms with Crippen LogP contribution in [0.5, 0.6) is 0 Å². The number of carbonyl (C=O) groups excluding carboxylic acids is 3. The Morgan fingerprint density at radius 3 is 2.75 bits per heavy atom. The number of benzene rings is 2. The summed E-state index contributed by atoms with van der Waals surface area (Å²) in [7, 11) is 2.62. The van der Waals surface area contributed by atoms with Gasteiger partial charge in [-0.05, 0) is 71.7 Å². The van der Waals surface area contributed by atoms with Crippen molar-refractivity contribution in [2.75, 3.05) is 26.1 Å². The fourth-order valence-corrected chi connectivity index (χ4v) is 5.08. The number of rotatable bonds is 5. The van der Waals surface area contributed by atoms with Crippen LogP contribution in [0, 0.1) is 0 Å². The maximum Gasteiger partial charge on any atom is 0.411 e. The summed E-state index contributed by atoms with van der Waals surface area (Å²) in [5.41, 5.74) is 3.92. The molecule has 0 unspecified atom stereocenters. The van der Waals surface area contributed by atoms with E-state index in [1.54, 1.807) is 47.5 Å². The Kier molecular flexibility index (Phi) is 9.49. The summed E-state index contributed by atoms with van der Waals surface area (Å²) in [5.74, 6) is 0.254. The molecular formula is C29H30ClN9O5. The first-order chi connectivity index (χ1) is 21.3. The standard InChI is InChI=1S/C29H30ClN9O5/c1-43-28(41)33-21-8-9-22-19(14-21)16-38(29(42)44-2)12-4-3-5-23(27-31-15-24(22)35-27)34-26(40)11-6-18-13-20(30)7-10-25(18)39-17-32-36-37-39/h6-11,13-15,17,23H,3-5,12,16H2,1-2H3,(H,31,35)(H,33,41)(H,34,40)/b11-6+/t23-/m0/s1. The van der Waals surface area contributed by atoms with Gasteiger partial charge in [-0.3, -0.25) is 10.1 Å². The Balaban J connectivity index is 1.41. The summed E-state index contributed by atoms with van der Waals surface area (Å²) in [6.45, 7) is 0.664. The number of methoxy groups -OCH3 is 2. The Bertz CT molecular complexity index is 1670. The number of carbonyl (C=O) groups is 3. The minimum Gasteiger partial charge on any atom is -0.453 e. The number of aromatic amines is 1. The SMILES string of the molecule is COC(=O)Nc1ccc2c(c1)CN(C(=O)OC)CCCC[C@H](NC(=O)/C=C/c1cc(Cl)ccc1-n1cnnn1)c1nc-2c[nH]1. The molecule has 2 bridgehead atoms. The molecule has 1 aliphatic rings. The highest BCUT2D eigenvalue weighted by Gasteiger charge is 2.23. The largest absolute Gasteiger partial charge is 0.453 e. The van der Waals surface area contributed by atoms with Crippen molar-refractivity contribution in [3.05, 3.63) is 77.0 Å². The number of halogens is 1. The van der Waals surface area contributed by atoms with E-state index < -0.39 is 18.2 Å². The van der Waals surface area contributed by atoms with Crippen LogP contribution in [0.4, 0.5) is 15.3 Å². The molecule has 3 N–H and O–H groups in total. The van der Waals surface area contributed by atoms with Gasteiger partial charge in [-0.15, -0.1) is 5.10 Å². The predicted molar refractivity (Wildman–Crippen MR) is 161 cm³/mol. The molecule has 0 saturated carbocycles. The second-order valence-electron chi connectivity index (χ2n) is 9.90. The van der Waals surface area contributed by atoms with E-state index >= 15 is 0 Å². The average molecular weight is 620 g/mol. The number of H-pyrrole nitrogens is 1. The van der Waals surface area contributed by atoms with E-state index in [1.807, 2.05) is 6.07 Å². The molecule has 15 heteroatoms. The van der Waals surface area contributed by atoms with Crippen LogP contribution in [0.25, 0.3) is 23.0 Å². The van der Waals surface area contributed by atoms with Crippen molar-refractivity contribution < 1.29 is 23.9 Å². The van der Waals surface area contributed by atoms with Crippen LogP contribution in [0.1, 0.15) is 42.3 Å². The lowest BCUT2D eigenvalue weighted by Crippen LogP contribution is -2.32. The molecule has 2 aromatic carbocycles. The number of tetrazole rings is 1. The monoisotopic (exact) mass is 619 g/mol. The van der Waals surface area contributed by atoms with Crippen LogP contribution < -0.4 is 10.6 Å². The van der Waals surface area contributed by atoms with Crippen LogP contribution in [0.2, 0.25) is 5.02 Å². The number of hydrogen-bond acceptors (Lipinski definition) is 9. The fraction of sp³-hybridized carbons (Fsp3) is 0.276. The second-order valence-corrected chi connectivity index (χ2v) is 10.3. The van der Waals surface area contributed by atoms with Gasteiger partial charge in [-0.2, -0.15) is 4.68 Å². The van der Waals surface area contributed by atoms with E-state index in [4.69, 9.17) is 26.1 Å². The van der Waals surface area contributed by atoms with Gasteiger partial charge in [0.25, 0.3) is 0 Å². The molecule has 3 heterocycles. The molecule has 0 aliphatic carbocycles. The third kappa shape index (κ3) is 7.21. The first kappa shape index (κ1) is 30.2.